The van der Waals surface area contributed by atoms with Crippen LogP contribution in [0.15, 0.2) is 47.4 Å². The molecule has 0 spiro atoms. The first-order chi connectivity index (χ1) is 12.8. The molecule has 0 aliphatic heterocycles. The molecule has 0 aromatic heterocycles. The number of alkyl halides is 1. The maximum absolute atomic E-state index is 12.6. The fraction of sp³-hybridized carbons (Fsp3) is 0.316. The number of phenolic OH excluding ortho intramolecular Hbond substituents is 1. The van der Waals surface area contributed by atoms with Crippen molar-refractivity contribution in [2.24, 2.45) is 0 Å². The summed E-state index contributed by atoms with van der Waals surface area (Å²) in [5.74, 6) is -1.06. The Kier molecular flexibility index (Phi) is 7.24. The fourth-order valence-electron chi connectivity index (χ4n) is 2.43. The van der Waals surface area contributed by atoms with Crippen LogP contribution in [0.3, 0.4) is 0 Å². The van der Waals surface area contributed by atoms with Crippen LogP contribution in [0, 0.1) is 0 Å². The van der Waals surface area contributed by atoms with Gasteiger partial charge in [0.2, 0.25) is 0 Å². The maximum Gasteiger partial charge on any atom is 0.302 e. The molecule has 1 unspecified atom stereocenters. The number of ether oxygens (including phenoxy) is 1. The summed E-state index contributed by atoms with van der Waals surface area (Å²) in [5, 5.41) is 10.2. The van der Waals surface area contributed by atoms with Crippen LogP contribution < -0.4 is 4.74 Å². The number of halogens is 1. The lowest BCUT2D eigenvalue weighted by molar-refractivity contribution is 0.103. The molecule has 0 amide bonds. The lowest BCUT2D eigenvalue weighted by Gasteiger charge is -2.15. The minimum Gasteiger partial charge on any atom is -0.507 e. The molecule has 0 aliphatic rings. The van der Waals surface area contributed by atoms with Crippen LogP contribution in [0.5, 0.6) is 11.5 Å². The van der Waals surface area contributed by atoms with Gasteiger partial charge in [-0.1, -0.05) is 55.3 Å². The normalized spacial score (nSPS) is 12.6. The summed E-state index contributed by atoms with van der Waals surface area (Å²) in [6.45, 7) is 1.95. The second kappa shape index (κ2) is 9.21. The molecule has 0 bridgehead atoms. The van der Waals surface area contributed by atoms with E-state index in [0.29, 0.717) is 18.4 Å². The van der Waals surface area contributed by atoms with E-state index in [1.165, 1.54) is 7.11 Å². The second-order valence-corrected chi connectivity index (χ2v) is 7.85. The summed E-state index contributed by atoms with van der Waals surface area (Å²) >= 11 is 5.96. The molecule has 1 atom stereocenters. The van der Waals surface area contributed by atoms with Crippen LogP contribution in [-0.4, -0.2) is 32.0 Å². The van der Waals surface area contributed by atoms with Gasteiger partial charge in [-0.25, -0.2) is 4.18 Å². The molecule has 1 N–H and O–H groups in total. The standard InChI is InChI=1S/C19H21ClO6S/c1-3-4-10-18(20)26-27(23,24)17-11-14(15(21)12-16(17)25-2)19(22)13-8-6-5-7-9-13/h5-9,11-12,18,21H,3-4,10H2,1-2H3. The Morgan fingerprint density at radius 2 is 1.89 bits per heavy atom. The van der Waals surface area contributed by atoms with Gasteiger partial charge < -0.3 is 9.84 Å². The first-order valence-electron chi connectivity index (χ1n) is 8.38. The van der Waals surface area contributed by atoms with Crippen LogP contribution in [-0.2, 0) is 14.3 Å². The number of phenols is 1. The third kappa shape index (κ3) is 5.22. The summed E-state index contributed by atoms with van der Waals surface area (Å²) in [4.78, 5) is 12.3. The van der Waals surface area contributed by atoms with Gasteiger partial charge in [0.05, 0.1) is 12.7 Å². The van der Waals surface area contributed by atoms with Crippen molar-refractivity contribution in [1.29, 1.82) is 0 Å². The lowest BCUT2D eigenvalue weighted by atomic mass is 10.0. The summed E-state index contributed by atoms with van der Waals surface area (Å²) in [6, 6.07) is 10.3. The molecule has 0 radical (unpaired) electrons. The first-order valence-corrected chi connectivity index (χ1v) is 10.2. The van der Waals surface area contributed by atoms with Crippen LogP contribution in [0.1, 0.15) is 42.1 Å². The summed E-state index contributed by atoms with van der Waals surface area (Å²) in [6.07, 6.45) is 1.90. The predicted molar refractivity (Wildman–Crippen MR) is 102 cm³/mol. The van der Waals surface area contributed by atoms with Crippen LogP contribution in [0.2, 0.25) is 0 Å². The van der Waals surface area contributed by atoms with E-state index < -0.39 is 27.2 Å². The smallest absolute Gasteiger partial charge is 0.302 e. The van der Waals surface area contributed by atoms with Crippen molar-refractivity contribution in [2.45, 2.75) is 36.6 Å². The van der Waals surface area contributed by atoms with Gasteiger partial charge in [0.1, 0.15) is 16.4 Å². The van der Waals surface area contributed by atoms with Gasteiger partial charge in [-0.2, -0.15) is 8.42 Å². The number of ketones is 1. The number of carbonyl (C=O) groups excluding carboxylic acids is 1. The van der Waals surface area contributed by atoms with Gasteiger partial charge in [0.15, 0.2) is 11.3 Å². The van der Waals surface area contributed by atoms with Crippen molar-refractivity contribution in [2.75, 3.05) is 7.11 Å². The summed E-state index contributed by atoms with van der Waals surface area (Å²) < 4.78 is 35.3. The van der Waals surface area contributed by atoms with E-state index in [-0.39, 0.29) is 16.2 Å². The van der Waals surface area contributed by atoms with Crippen molar-refractivity contribution in [3.63, 3.8) is 0 Å². The molecule has 146 valence electrons. The Morgan fingerprint density at radius 1 is 1.22 bits per heavy atom. The highest BCUT2D eigenvalue weighted by Gasteiger charge is 2.28. The van der Waals surface area contributed by atoms with Gasteiger partial charge in [-0.05, 0) is 18.9 Å². The molecular formula is C19H21ClO6S. The maximum atomic E-state index is 12.6. The van der Waals surface area contributed by atoms with Crippen molar-refractivity contribution in [3.8, 4) is 11.5 Å². The Bertz CT molecular complexity index is 896. The van der Waals surface area contributed by atoms with Crippen molar-refractivity contribution < 1.29 is 27.2 Å². The molecule has 0 saturated heterocycles. The average Bonchev–Trinajstić information content (AvgIpc) is 2.65. The fourth-order valence-corrected chi connectivity index (χ4v) is 4.00. The molecule has 0 saturated carbocycles. The number of unbranched alkanes of at least 4 members (excludes halogenated alkanes) is 1. The zero-order valence-corrected chi connectivity index (χ0v) is 16.6. The number of rotatable bonds is 9. The minimum absolute atomic E-state index is 0.142. The third-order valence-corrected chi connectivity index (χ3v) is 5.60. The SMILES string of the molecule is CCCCC(Cl)OS(=O)(=O)c1cc(C(=O)c2ccccc2)c(O)cc1OC. The largest absolute Gasteiger partial charge is 0.507 e. The Hall–Kier alpha value is -2.09. The number of carbonyl (C=O) groups is 1. The van der Waals surface area contributed by atoms with Gasteiger partial charge in [0, 0.05) is 11.6 Å². The van der Waals surface area contributed by atoms with E-state index in [9.17, 15) is 18.3 Å². The van der Waals surface area contributed by atoms with Crippen LogP contribution >= 0.6 is 11.6 Å². The van der Waals surface area contributed by atoms with E-state index in [1.54, 1.807) is 30.3 Å². The highest BCUT2D eigenvalue weighted by molar-refractivity contribution is 7.87. The lowest BCUT2D eigenvalue weighted by Crippen LogP contribution is -2.15. The molecule has 8 heteroatoms. The average molecular weight is 413 g/mol. The molecule has 2 aromatic rings. The number of benzene rings is 2. The molecule has 0 heterocycles. The molecule has 0 aliphatic carbocycles. The van der Waals surface area contributed by atoms with E-state index in [2.05, 4.69) is 0 Å². The van der Waals surface area contributed by atoms with E-state index in [1.807, 2.05) is 6.92 Å². The monoisotopic (exact) mass is 412 g/mol. The molecular weight excluding hydrogens is 392 g/mol. The first kappa shape index (κ1) is 21.2. The Labute approximate surface area is 163 Å². The number of hydrogen-bond acceptors (Lipinski definition) is 6. The van der Waals surface area contributed by atoms with Crippen LogP contribution in [0.4, 0.5) is 0 Å². The molecule has 27 heavy (non-hydrogen) atoms. The van der Waals surface area contributed by atoms with Crippen molar-refractivity contribution >= 4 is 27.5 Å². The van der Waals surface area contributed by atoms with E-state index in [4.69, 9.17) is 20.5 Å². The highest BCUT2D eigenvalue weighted by atomic mass is 35.5. The number of methoxy groups -OCH3 is 1. The van der Waals surface area contributed by atoms with Gasteiger partial charge >= 0.3 is 10.1 Å². The summed E-state index contributed by atoms with van der Waals surface area (Å²) in [5.41, 5.74) is -0.911. The van der Waals surface area contributed by atoms with Crippen LogP contribution in [0.25, 0.3) is 0 Å². The predicted octanol–water partition coefficient (Wildman–Crippen LogP) is 4.09. The highest BCUT2D eigenvalue weighted by Crippen LogP contribution is 2.34. The third-order valence-electron chi connectivity index (χ3n) is 3.85. The Balaban J connectivity index is 2.45. The summed E-state index contributed by atoms with van der Waals surface area (Å²) in [7, 11) is -3.06. The second-order valence-electron chi connectivity index (χ2n) is 5.82. The molecule has 2 aromatic carbocycles. The van der Waals surface area contributed by atoms with Gasteiger partial charge in [-0.3, -0.25) is 4.79 Å². The van der Waals surface area contributed by atoms with Gasteiger partial charge in [0.25, 0.3) is 0 Å². The zero-order chi connectivity index (χ0) is 20.0. The number of hydrogen-bond donors (Lipinski definition) is 1. The molecule has 2 rings (SSSR count). The number of aromatic hydroxyl groups is 1. The van der Waals surface area contributed by atoms with Gasteiger partial charge in [-0.15, -0.1) is 0 Å². The van der Waals surface area contributed by atoms with Crippen molar-refractivity contribution in [1.82, 2.24) is 0 Å². The zero-order valence-electron chi connectivity index (χ0n) is 15.0. The topological polar surface area (TPSA) is 89.9 Å². The molecule has 6 nitrogen and oxygen atoms in total. The van der Waals surface area contributed by atoms with E-state index in [0.717, 1.165) is 18.6 Å². The Morgan fingerprint density at radius 3 is 2.48 bits per heavy atom. The minimum atomic E-state index is -4.31. The quantitative estimate of drug-likeness (QED) is 0.379. The van der Waals surface area contributed by atoms with Crippen molar-refractivity contribution in [3.05, 3.63) is 53.6 Å². The van der Waals surface area contributed by atoms with E-state index >= 15 is 0 Å². The molecule has 0 fully saturated rings.